The zero-order chi connectivity index (χ0) is 11.2. The first-order valence-electron chi connectivity index (χ1n) is 4.68. The van der Waals surface area contributed by atoms with E-state index in [0.717, 1.165) is 17.5 Å². The summed E-state index contributed by atoms with van der Waals surface area (Å²) in [5.74, 6) is -0.405. The minimum absolute atomic E-state index is 0.405. The van der Waals surface area contributed by atoms with Crippen molar-refractivity contribution < 1.29 is 9.59 Å². The summed E-state index contributed by atoms with van der Waals surface area (Å²) in [5, 5.41) is 0. The summed E-state index contributed by atoms with van der Waals surface area (Å²) in [7, 11) is 1.96. The Morgan fingerprint density at radius 1 is 1.20 bits per heavy atom. The van der Waals surface area contributed by atoms with Crippen molar-refractivity contribution >= 4 is 35.5 Å². The molecule has 5 nitrogen and oxygen atoms in total. The lowest BCUT2D eigenvalue weighted by molar-refractivity contribution is -0.131. The standard InChI is InChI=1S/C8H11Cl2N3O2/c1-11-4-2-8(3-5-11)6(14)12(9)7(15)13(8)10/h2-5H2,1H3. The largest absolute Gasteiger partial charge is 0.357 e. The molecule has 2 rings (SSSR count). The number of halogens is 2. The Morgan fingerprint density at radius 3 is 2.13 bits per heavy atom. The molecule has 0 aromatic rings. The van der Waals surface area contributed by atoms with E-state index in [0.29, 0.717) is 17.3 Å². The van der Waals surface area contributed by atoms with Crippen LogP contribution >= 0.6 is 23.6 Å². The van der Waals surface area contributed by atoms with Crippen molar-refractivity contribution in [2.45, 2.75) is 18.4 Å². The van der Waals surface area contributed by atoms with Gasteiger partial charge in [0.1, 0.15) is 5.54 Å². The van der Waals surface area contributed by atoms with Crippen LogP contribution < -0.4 is 0 Å². The monoisotopic (exact) mass is 251 g/mol. The molecule has 0 unspecified atom stereocenters. The number of amides is 3. The topological polar surface area (TPSA) is 43.9 Å². The van der Waals surface area contributed by atoms with Crippen molar-refractivity contribution in [1.29, 1.82) is 0 Å². The first-order valence-corrected chi connectivity index (χ1v) is 5.35. The van der Waals surface area contributed by atoms with Gasteiger partial charge in [0, 0.05) is 36.6 Å². The van der Waals surface area contributed by atoms with Crippen LogP contribution in [0.3, 0.4) is 0 Å². The zero-order valence-corrected chi connectivity index (χ0v) is 9.75. The first kappa shape index (κ1) is 11.0. The van der Waals surface area contributed by atoms with Gasteiger partial charge in [-0.05, 0) is 19.9 Å². The van der Waals surface area contributed by atoms with Crippen LogP contribution in [-0.4, -0.2) is 51.4 Å². The summed E-state index contributed by atoms with van der Waals surface area (Å²) in [6.07, 6.45) is 1.06. The Balaban J connectivity index is 2.28. The van der Waals surface area contributed by atoms with Crippen molar-refractivity contribution in [3.63, 3.8) is 0 Å². The Kier molecular flexibility index (Phi) is 2.56. The minimum atomic E-state index is -0.924. The molecule has 0 atom stereocenters. The van der Waals surface area contributed by atoms with Crippen LogP contribution in [0.2, 0.25) is 0 Å². The summed E-state index contributed by atoms with van der Waals surface area (Å²) in [5.41, 5.74) is -0.924. The zero-order valence-electron chi connectivity index (χ0n) is 8.24. The van der Waals surface area contributed by atoms with E-state index in [1.54, 1.807) is 0 Å². The van der Waals surface area contributed by atoms with Crippen LogP contribution in [0.4, 0.5) is 4.79 Å². The molecule has 2 aliphatic heterocycles. The van der Waals surface area contributed by atoms with E-state index in [4.69, 9.17) is 23.6 Å². The summed E-state index contributed by atoms with van der Waals surface area (Å²) in [4.78, 5) is 25.4. The number of nitrogens with zero attached hydrogens (tertiary/aromatic N) is 3. The quantitative estimate of drug-likeness (QED) is 0.477. The number of hydrogen-bond acceptors (Lipinski definition) is 3. The number of urea groups is 1. The molecule has 0 saturated carbocycles. The van der Waals surface area contributed by atoms with Gasteiger partial charge in [0.2, 0.25) is 0 Å². The smallest absolute Gasteiger partial charge is 0.306 e. The molecule has 15 heavy (non-hydrogen) atoms. The van der Waals surface area contributed by atoms with E-state index >= 15 is 0 Å². The Hall–Kier alpha value is -0.520. The van der Waals surface area contributed by atoms with Gasteiger partial charge in [0.15, 0.2) is 0 Å². The maximum absolute atomic E-state index is 11.8. The fourth-order valence-electron chi connectivity index (χ4n) is 2.01. The average molecular weight is 252 g/mol. The second kappa shape index (κ2) is 3.50. The number of rotatable bonds is 0. The van der Waals surface area contributed by atoms with Crippen LogP contribution in [0, 0.1) is 0 Å². The molecule has 84 valence electrons. The van der Waals surface area contributed by atoms with Gasteiger partial charge >= 0.3 is 6.03 Å². The van der Waals surface area contributed by atoms with E-state index in [1.165, 1.54) is 0 Å². The van der Waals surface area contributed by atoms with Gasteiger partial charge in [-0.15, -0.1) is 0 Å². The number of carbonyl (C=O) groups is 2. The number of imide groups is 1. The van der Waals surface area contributed by atoms with Gasteiger partial charge in [0.25, 0.3) is 5.91 Å². The third-order valence-corrected chi connectivity index (χ3v) is 3.87. The Labute approximate surface area is 97.7 Å². The lowest BCUT2D eigenvalue weighted by Crippen LogP contribution is -2.52. The average Bonchev–Trinajstić information content (AvgIpc) is 2.39. The third kappa shape index (κ3) is 1.41. The SMILES string of the molecule is CN1CCC2(CC1)C(=O)N(Cl)C(=O)N2Cl. The third-order valence-electron chi connectivity index (χ3n) is 3.10. The van der Waals surface area contributed by atoms with Crippen molar-refractivity contribution in [1.82, 2.24) is 13.7 Å². The molecule has 2 heterocycles. The molecule has 3 amide bonds. The number of carbonyl (C=O) groups excluding carboxylic acids is 2. The van der Waals surface area contributed by atoms with Crippen molar-refractivity contribution in [3.05, 3.63) is 0 Å². The molecule has 0 N–H and O–H groups in total. The Morgan fingerprint density at radius 2 is 1.73 bits per heavy atom. The van der Waals surface area contributed by atoms with Crippen LogP contribution in [-0.2, 0) is 4.79 Å². The lowest BCUT2D eigenvalue weighted by Gasteiger charge is -2.37. The van der Waals surface area contributed by atoms with Gasteiger partial charge in [-0.1, -0.05) is 0 Å². The summed E-state index contributed by atoms with van der Waals surface area (Å²) >= 11 is 11.4. The number of piperidine rings is 1. The highest BCUT2D eigenvalue weighted by atomic mass is 35.5. The molecule has 7 heteroatoms. The molecule has 0 aromatic carbocycles. The predicted molar refractivity (Wildman–Crippen MR) is 55.2 cm³/mol. The summed E-state index contributed by atoms with van der Waals surface area (Å²) < 4.78 is 1.54. The minimum Gasteiger partial charge on any atom is -0.306 e. The molecular formula is C8H11Cl2N3O2. The molecule has 0 aromatic heterocycles. The second-order valence-electron chi connectivity index (χ2n) is 3.98. The van der Waals surface area contributed by atoms with Crippen molar-refractivity contribution in [3.8, 4) is 0 Å². The Bertz CT molecular complexity index is 315. The molecule has 2 saturated heterocycles. The van der Waals surface area contributed by atoms with Gasteiger partial charge in [0.05, 0.1) is 0 Å². The van der Waals surface area contributed by atoms with E-state index in [-0.39, 0.29) is 0 Å². The van der Waals surface area contributed by atoms with Gasteiger partial charge in [-0.3, -0.25) is 4.79 Å². The van der Waals surface area contributed by atoms with Gasteiger partial charge in [-0.2, -0.15) is 4.42 Å². The molecule has 0 aliphatic carbocycles. The van der Waals surface area contributed by atoms with Crippen molar-refractivity contribution in [2.75, 3.05) is 20.1 Å². The highest BCUT2D eigenvalue weighted by Crippen LogP contribution is 2.38. The maximum atomic E-state index is 11.8. The number of hydrogen-bond donors (Lipinski definition) is 0. The van der Waals surface area contributed by atoms with Crippen LogP contribution in [0.15, 0.2) is 0 Å². The van der Waals surface area contributed by atoms with Gasteiger partial charge < -0.3 is 4.90 Å². The number of likely N-dealkylation sites (tertiary alicyclic amines) is 1. The molecule has 2 fully saturated rings. The van der Waals surface area contributed by atoms with Gasteiger partial charge in [-0.25, -0.2) is 9.21 Å². The van der Waals surface area contributed by atoms with Crippen LogP contribution in [0.5, 0.6) is 0 Å². The van der Waals surface area contributed by atoms with E-state index in [9.17, 15) is 9.59 Å². The molecule has 0 bridgehead atoms. The van der Waals surface area contributed by atoms with Crippen LogP contribution in [0.1, 0.15) is 12.8 Å². The van der Waals surface area contributed by atoms with Crippen LogP contribution in [0.25, 0.3) is 0 Å². The fourth-order valence-corrected chi connectivity index (χ4v) is 2.60. The molecule has 2 aliphatic rings. The maximum Gasteiger partial charge on any atom is 0.357 e. The molecule has 1 spiro atoms. The van der Waals surface area contributed by atoms with E-state index < -0.39 is 17.5 Å². The fraction of sp³-hybridized carbons (Fsp3) is 0.750. The first-order chi connectivity index (χ1) is 6.99. The highest BCUT2D eigenvalue weighted by Gasteiger charge is 2.57. The molecular weight excluding hydrogens is 241 g/mol. The van der Waals surface area contributed by atoms with Crippen molar-refractivity contribution in [2.24, 2.45) is 0 Å². The normalized spacial score (nSPS) is 26.9. The molecule has 0 radical (unpaired) electrons. The van der Waals surface area contributed by atoms with E-state index in [1.807, 2.05) is 7.05 Å². The summed E-state index contributed by atoms with van der Waals surface area (Å²) in [6, 6.07) is -0.645. The lowest BCUT2D eigenvalue weighted by atomic mass is 9.88. The second-order valence-corrected chi connectivity index (χ2v) is 4.66. The van der Waals surface area contributed by atoms with E-state index in [2.05, 4.69) is 4.90 Å². The summed E-state index contributed by atoms with van der Waals surface area (Å²) in [6.45, 7) is 1.46. The highest BCUT2D eigenvalue weighted by molar-refractivity contribution is 6.39. The predicted octanol–water partition coefficient (Wildman–Crippen LogP) is 1.02.